The van der Waals surface area contributed by atoms with Crippen LogP contribution in [0.4, 0.5) is 5.69 Å². The molecule has 1 N–H and O–H groups in total. The smallest absolute Gasteiger partial charge is 0.337 e. The third-order valence-corrected chi connectivity index (χ3v) is 2.22. The Hall–Kier alpha value is -2.04. The standard InChI is InChI=1S/C12H15NO4/c1-4-11(14)13-9-7-8(12(15)17-3)5-6-10(9)16-2/h5-7H,4H2,1-3H3,(H,13,14). The molecule has 1 rings (SSSR count). The van der Waals surface area contributed by atoms with E-state index in [0.29, 0.717) is 23.4 Å². The van der Waals surface area contributed by atoms with Crippen LogP contribution in [0.5, 0.6) is 5.75 Å². The van der Waals surface area contributed by atoms with Crippen LogP contribution in [0.3, 0.4) is 0 Å². The van der Waals surface area contributed by atoms with Crippen LogP contribution in [0.15, 0.2) is 18.2 Å². The van der Waals surface area contributed by atoms with Gasteiger partial charge in [0.1, 0.15) is 5.75 Å². The van der Waals surface area contributed by atoms with Crippen LogP contribution in [0.1, 0.15) is 23.7 Å². The maximum atomic E-state index is 11.3. The van der Waals surface area contributed by atoms with Crippen LogP contribution in [0.25, 0.3) is 0 Å². The maximum absolute atomic E-state index is 11.3. The minimum Gasteiger partial charge on any atom is -0.495 e. The molecule has 0 aromatic heterocycles. The molecule has 5 nitrogen and oxygen atoms in total. The summed E-state index contributed by atoms with van der Waals surface area (Å²) in [6.45, 7) is 1.74. The first kappa shape index (κ1) is 13.0. The zero-order valence-electron chi connectivity index (χ0n) is 10.1. The van der Waals surface area contributed by atoms with Gasteiger partial charge in [-0.3, -0.25) is 4.79 Å². The van der Waals surface area contributed by atoms with Gasteiger partial charge in [0.15, 0.2) is 0 Å². The molecule has 0 heterocycles. The molecular weight excluding hydrogens is 222 g/mol. The normalized spacial score (nSPS) is 9.59. The lowest BCUT2D eigenvalue weighted by atomic mass is 10.2. The van der Waals surface area contributed by atoms with Crippen molar-refractivity contribution in [2.75, 3.05) is 19.5 Å². The number of benzene rings is 1. The summed E-state index contributed by atoms with van der Waals surface area (Å²) in [4.78, 5) is 22.7. The predicted octanol–water partition coefficient (Wildman–Crippen LogP) is 1.83. The molecule has 0 atom stereocenters. The summed E-state index contributed by atoms with van der Waals surface area (Å²) in [5.74, 6) is -0.107. The highest BCUT2D eigenvalue weighted by Crippen LogP contribution is 2.25. The lowest BCUT2D eigenvalue weighted by Crippen LogP contribution is -2.11. The van der Waals surface area contributed by atoms with Gasteiger partial charge in [-0.1, -0.05) is 6.92 Å². The fourth-order valence-electron chi connectivity index (χ4n) is 1.29. The van der Waals surface area contributed by atoms with Gasteiger partial charge >= 0.3 is 5.97 Å². The summed E-state index contributed by atoms with van der Waals surface area (Å²) < 4.78 is 9.70. The molecular formula is C12H15NO4. The van der Waals surface area contributed by atoms with Crippen molar-refractivity contribution >= 4 is 17.6 Å². The highest BCUT2D eigenvalue weighted by molar-refractivity contribution is 5.96. The van der Waals surface area contributed by atoms with Crippen LogP contribution in [0, 0.1) is 0 Å². The van der Waals surface area contributed by atoms with Gasteiger partial charge in [0, 0.05) is 6.42 Å². The van der Waals surface area contributed by atoms with E-state index in [1.165, 1.54) is 20.3 Å². The van der Waals surface area contributed by atoms with Crippen molar-refractivity contribution in [1.29, 1.82) is 0 Å². The van der Waals surface area contributed by atoms with Gasteiger partial charge in [-0.15, -0.1) is 0 Å². The van der Waals surface area contributed by atoms with E-state index >= 15 is 0 Å². The second kappa shape index (κ2) is 5.89. The number of nitrogens with one attached hydrogen (secondary N) is 1. The number of amides is 1. The Kier molecular flexibility index (Phi) is 4.51. The van der Waals surface area contributed by atoms with E-state index in [4.69, 9.17) is 4.74 Å². The van der Waals surface area contributed by atoms with Crippen molar-refractivity contribution in [1.82, 2.24) is 0 Å². The van der Waals surface area contributed by atoms with Crippen molar-refractivity contribution in [2.45, 2.75) is 13.3 Å². The molecule has 0 spiro atoms. The summed E-state index contributed by atoms with van der Waals surface area (Å²) in [6.07, 6.45) is 0.353. The lowest BCUT2D eigenvalue weighted by Gasteiger charge is -2.10. The average molecular weight is 237 g/mol. The van der Waals surface area contributed by atoms with Crippen molar-refractivity contribution in [3.05, 3.63) is 23.8 Å². The summed E-state index contributed by atoms with van der Waals surface area (Å²) in [5.41, 5.74) is 0.821. The van der Waals surface area contributed by atoms with Gasteiger partial charge in [-0.05, 0) is 18.2 Å². The Morgan fingerprint density at radius 1 is 1.29 bits per heavy atom. The van der Waals surface area contributed by atoms with Crippen LogP contribution in [-0.2, 0) is 9.53 Å². The number of hydrogen-bond acceptors (Lipinski definition) is 4. The number of ether oxygens (including phenoxy) is 2. The Morgan fingerprint density at radius 3 is 2.53 bits per heavy atom. The quantitative estimate of drug-likeness (QED) is 0.811. The molecule has 1 aromatic carbocycles. The van der Waals surface area contributed by atoms with Crippen LogP contribution < -0.4 is 10.1 Å². The zero-order valence-corrected chi connectivity index (χ0v) is 10.1. The highest BCUT2D eigenvalue weighted by atomic mass is 16.5. The fourth-order valence-corrected chi connectivity index (χ4v) is 1.29. The Morgan fingerprint density at radius 2 is 2.00 bits per heavy atom. The van der Waals surface area contributed by atoms with E-state index < -0.39 is 5.97 Å². The van der Waals surface area contributed by atoms with Gasteiger partial charge in [0.25, 0.3) is 0 Å². The second-order valence-electron chi connectivity index (χ2n) is 3.31. The summed E-state index contributed by atoms with van der Waals surface area (Å²) in [7, 11) is 2.80. The monoisotopic (exact) mass is 237 g/mol. The largest absolute Gasteiger partial charge is 0.495 e. The third kappa shape index (κ3) is 3.21. The lowest BCUT2D eigenvalue weighted by molar-refractivity contribution is -0.115. The molecule has 0 fully saturated rings. The summed E-state index contributed by atoms with van der Waals surface area (Å²) in [6, 6.07) is 4.71. The van der Waals surface area contributed by atoms with E-state index in [-0.39, 0.29) is 5.91 Å². The minimum absolute atomic E-state index is 0.148. The third-order valence-electron chi connectivity index (χ3n) is 2.22. The number of methoxy groups -OCH3 is 2. The van der Waals surface area contributed by atoms with E-state index in [2.05, 4.69) is 10.1 Å². The number of carbonyl (C=O) groups excluding carboxylic acids is 2. The van der Waals surface area contributed by atoms with Gasteiger partial charge in [0.2, 0.25) is 5.91 Å². The number of esters is 1. The van der Waals surface area contributed by atoms with Crippen molar-refractivity contribution in [2.24, 2.45) is 0 Å². The van der Waals surface area contributed by atoms with Gasteiger partial charge in [-0.2, -0.15) is 0 Å². The maximum Gasteiger partial charge on any atom is 0.337 e. The Balaban J connectivity index is 3.06. The Bertz CT molecular complexity index is 429. The molecule has 1 aromatic rings. The molecule has 0 radical (unpaired) electrons. The average Bonchev–Trinajstić information content (AvgIpc) is 2.37. The first-order chi connectivity index (χ1) is 8.12. The number of anilines is 1. The van der Waals surface area contributed by atoms with E-state index in [1.807, 2.05) is 0 Å². The zero-order chi connectivity index (χ0) is 12.8. The molecule has 0 aliphatic carbocycles. The number of hydrogen-bond donors (Lipinski definition) is 1. The van der Waals surface area contributed by atoms with Gasteiger partial charge in [0.05, 0.1) is 25.5 Å². The second-order valence-corrected chi connectivity index (χ2v) is 3.31. The van der Waals surface area contributed by atoms with Crippen LogP contribution in [-0.4, -0.2) is 26.1 Å². The fraction of sp³-hybridized carbons (Fsp3) is 0.333. The molecule has 0 saturated carbocycles. The van der Waals surface area contributed by atoms with Gasteiger partial charge < -0.3 is 14.8 Å². The van der Waals surface area contributed by atoms with Gasteiger partial charge in [-0.25, -0.2) is 4.79 Å². The van der Waals surface area contributed by atoms with Crippen molar-refractivity contribution < 1.29 is 19.1 Å². The van der Waals surface area contributed by atoms with Crippen molar-refractivity contribution in [3.63, 3.8) is 0 Å². The predicted molar refractivity (Wildman–Crippen MR) is 63.3 cm³/mol. The van der Waals surface area contributed by atoms with E-state index in [9.17, 15) is 9.59 Å². The molecule has 0 bridgehead atoms. The van der Waals surface area contributed by atoms with Crippen LogP contribution in [0.2, 0.25) is 0 Å². The molecule has 92 valence electrons. The van der Waals surface area contributed by atoms with E-state index in [0.717, 1.165) is 0 Å². The molecule has 1 amide bonds. The SMILES string of the molecule is CCC(=O)Nc1cc(C(=O)OC)ccc1OC. The molecule has 0 aliphatic rings. The summed E-state index contributed by atoms with van der Waals surface area (Å²) in [5, 5.41) is 2.66. The van der Waals surface area contributed by atoms with Crippen LogP contribution >= 0.6 is 0 Å². The first-order valence-corrected chi connectivity index (χ1v) is 5.18. The topological polar surface area (TPSA) is 64.6 Å². The van der Waals surface area contributed by atoms with Crippen molar-refractivity contribution in [3.8, 4) is 5.75 Å². The molecule has 5 heteroatoms. The number of rotatable bonds is 4. The number of carbonyl (C=O) groups is 2. The first-order valence-electron chi connectivity index (χ1n) is 5.18. The Labute approximate surface area is 99.7 Å². The minimum atomic E-state index is -0.459. The molecule has 0 aliphatic heterocycles. The highest BCUT2D eigenvalue weighted by Gasteiger charge is 2.11. The van der Waals surface area contributed by atoms with E-state index in [1.54, 1.807) is 19.1 Å². The molecule has 17 heavy (non-hydrogen) atoms. The molecule has 0 unspecified atom stereocenters. The summed E-state index contributed by atoms with van der Waals surface area (Å²) >= 11 is 0. The molecule has 0 saturated heterocycles.